The van der Waals surface area contributed by atoms with Crippen LogP contribution in [0.5, 0.6) is 11.5 Å². The zero-order valence-electron chi connectivity index (χ0n) is 9.26. The van der Waals surface area contributed by atoms with E-state index in [1.165, 1.54) is 0 Å². The summed E-state index contributed by atoms with van der Waals surface area (Å²) in [5.74, 6) is -0.403. The van der Waals surface area contributed by atoms with Gasteiger partial charge in [0.25, 0.3) is 0 Å². The van der Waals surface area contributed by atoms with Gasteiger partial charge < -0.3 is 15.9 Å². The van der Waals surface area contributed by atoms with Crippen LogP contribution in [0.4, 0.5) is 0 Å². The van der Waals surface area contributed by atoms with E-state index >= 15 is 0 Å². The van der Waals surface area contributed by atoms with Crippen LogP contribution in [0.2, 0.25) is 5.02 Å². The Morgan fingerprint density at radius 2 is 2.06 bits per heavy atom. The Kier molecular flexibility index (Phi) is 2.76. The molecule has 0 saturated heterocycles. The van der Waals surface area contributed by atoms with Crippen molar-refractivity contribution in [1.82, 2.24) is 0 Å². The predicted octanol–water partition coefficient (Wildman–Crippen LogP) is 2.44. The number of aryl methyl sites for hydroxylation is 1. The SMILES string of the molecule is Cc1cc(O)c(O)c(Cl)c1C1(CN)CCC1. The Labute approximate surface area is 99.8 Å². The molecule has 1 aromatic rings. The number of phenolic OH excluding ortho intramolecular Hbond substituents is 2. The minimum Gasteiger partial charge on any atom is -0.504 e. The molecule has 16 heavy (non-hydrogen) atoms. The van der Waals surface area contributed by atoms with E-state index in [0.717, 1.165) is 30.4 Å². The number of rotatable bonds is 2. The van der Waals surface area contributed by atoms with E-state index in [4.69, 9.17) is 17.3 Å². The van der Waals surface area contributed by atoms with Gasteiger partial charge in [-0.2, -0.15) is 0 Å². The van der Waals surface area contributed by atoms with E-state index in [1.54, 1.807) is 6.07 Å². The van der Waals surface area contributed by atoms with Gasteiger partial charge in [-0.15, -0.1) is 0 Å². The number of hydrogen-bond acceptors (Lipinski definition) is 3. The van der Waals surface area contributed by atoms with Gasteiger partial charge in [-0.1, -0.05) is 18.0 Å². The highest BCUT2D eigenvalue weighted by Gasteiger charge is 2.40. The van der Waals surface area contributed by atoms with E-state index in [2.05, 4.69) is 0 Å². The van der Waals surface area contributed by atoms with Gasteiger partial charge in [-0.3, -0.25) is 0 Å². The van der Waals surface area contributed by atoms with Crippen molar-refractivity contribution in [2.24, 2.45) is 5.73 Å². The van der Waals surface area contributed by atoms with Crippen molar-refractivity contribution in [1.29, 1.82) is 0 Å². The molecular weight excluding hydrogens is 226 g/mol. The third-order valence-corrected chi connectivity index (χ3v) is 4.02. The Bertz CT molecular complexity index is 422. The lowest BCUT2D eigenvalue weighted by Crippen LogP contribution is -2.42. The number of phenols is 2. The normalized spacial score (nSPS) is 18.2. The number of benzene rings is 1. The minimum absolute atomic E-state index is 0.105. The molecule has 3 nitrogen and oxygen atoms in total. The smallest absolute Gasteiger partial charge is 0.176 e. The molecule has 88 valence electrons. The zero-order valence-corrected chi connectivity index (χ0v) is 10.0. The van der Waals surface area contributed by atoms with Crippen LogP contribution in [0.25, 0.3) is 0 Å². The van der Waals surface area contributed by atoms with Crippen LogP contribution in [-0.2, 0) is 5.41 Å². The fourth-order valence-corrected chi connectivity index (χ4v) is 3.01. The van der Waals surface area contributed by atoms with Crippen molar-refractivity contribution in [3.63, 3.8) is 0 Å². The van der Waals surface area contributed by atoms with Gasteiger partial charge >= 0.3 is 0 Å². The summed E-state index contributed by atoms with van der Waals surface area (Å²) < 4.78 is 0. The first kappa shape index (κ1) is 11.6. The Morgan fingerprint density at radius 3 is 2.50 bits per heavy atom. The van der Waals surface area contributed by atoms with Gasteiger partial charge in [0.15, 0.2) is 11.5 Å². The van der Waals surface area contributed by atoms with Gasteiger partial charge in [0.2, 0.25) is 0 Å². The number of hydrogen-bond donors (Lipinski definition) is 3. The first-order valence-corrected chi connectivity index (χ1v) is 5.81. The number of nitrogens with two attached hydrogens (primary N) is 1. The lowest BCUT2D eigenvalue weighted by Gasteiger charge is -2.43. The van der Waals surface area contributed by atoms with Crippen molar-refractivity contribution in [3.05, 3.63) is 22.2 Å². The molecule has 0 unspecified atom stereocenters. The van der Waals surface area contributed by atoms with Crippen LogP contribution >= 0.6 is 11.6 Å². The summed E-state index contributed by atoms with van der Waals surface area (Å²) in [5, 5.41) is 19.4. The first-order valence-electron chi connectivity index (χ1n) is 5.43. The molecule has 1 saturated carbocycles. The monoisotopic (exact) mass is 241 g/mol. The van der Waals surface area contributed by atoms with Crippen LogP contribution in [0, 0.1) is 6.92 Å². The van der Waals surface area contributed by atoms with E-state index in [-0.39, 0.29) is 21.9 Å². The van der Waals surface area contributed by atoms with E-state index < -0.39 is 0 Å². The quantitative estimate of drug-likeness (QED) is 0.697. The van der Waals surface area contributed by atoms with Crippen molar-refractivity contribution in [3.8, 4) is 11.5 Å². The Morgan fingerprint density at radius 1 is 1.44 bits per heavy atom. The van der Waals surface area contributed by atoms with Crippen molar-refractivity contribution in [2.75, 3.05) is 6.54 Å². The van der Waals surface area contributed by atoms with Crippen molar-refractivity contribution in [2.45, 2.75) is 31.6 Å². The summed E-state index contributed by atoms with van der Waals surface area (Å²) in [5.41, 5.74) is 7.51. The molecule has 4 N–H and O–H groups in total. The first-order chi connectivity index (χ1) is 7.52. The maximum Gasteiger partial charge on any atom is 0.176 e. The second kappa shape index (κ2) is 3.82. The molecule has 1 fully saturated rings. The fourth-order valence-electron chi connectivity index (χ4n) is 2.56. The molecule has 0 aromatic heterocycles. The maximum atomic E-state index is 9.67. The van der Waals surface area contributed by atoms with E-state index in [0.29, 0.717) is 6.54 Å². The third kappa shape index (κ3) is 1.46. The summed E-state index contributed by atoms with van der Waals surface area (Å²) in [6.07, 6.45) is 3.12. The lowest BCUT2D eigenvalue weighted by atomic mass is 9.63. The van der Waals surface area contributed by atoms with Crippen LogP contribution in [0.15, 0.2) is 6.07 Å². The summed E-state index contributed by atoms with van der Waals surface area (Å²) in [4.78, 5) is 0. The summed E-state index contributed by atoms with van der Waals surface area (Å²) >= 11 is 6.11. The van der Waals surface area contributed by atoms with Crippen molar-refractivity contribution < 1.29 is 10.2 Å². The molecule has 0 spiro atoms. The van der Waals surface area contributed by atoms with Gasteiger partial charge in [-0.25, -0.2) is 0 Å². The Hall–Kier alpha value is -0.930. The zero-order chi connectivity index (χ0) is 11.9. The average molecular weight is 242 g/mol. The maximum absolute atomic E-state index is 9.67. The Balaban J connectivity index is 2.60. The third-order valence-electron chi connectivity index (χ3n) is 3.65. The molecule has 1 aliphatic carbocycles. The highest BCUT2D eigenvalue weighted by atomic mass is 35.5. The molecule has 2 rings (SSSR count). The van der Waals surface area contributed by atoms with Crippen LogP contribution in [0.1, 0.15) is 30.4 Å². The molecule has 0 atom stereocenters. The predicted molar refractivity (Wildman–Crippen MR) is 64.1 cm³/mol. The highest BCUT2D eigenvalue weighted by Crippen LogP contribution is 2.50. The highest BCUT2D eigenvalue weighted by molar-refractivity contribution is 6.33. The van der Waals surface area contributed by atoms with E-state index in [9.17, 15) is 10.2 Å². The topological polar surface area (TPSA) is 66.5 Å². The standard InChI is InChI=1S/C12H16ClNO2/c1-7-5-8(15)11(16)10(13)9(7)12(6-14)3-2-4-12/h5,15-16H,2-4,6,14H2,1H3. The molecule has 0 radical (unpaired) electrons. The second-order valence-electron chi connectivity index (χ2n) is 4.59. The largest absolute Gasteiger partial charge is 0.504 e. The van der Waals surface area contributed by atoms with Gasteiger partial charge in [0, 0.05) is 12.0 Å². The van der Waals surface area contributed by atoms with Gasteiger partial charge in [0.05, 0.1) is 5.02 Å². The average Bonchev–Trinajstić information content (AvgIpc) is 2.18. The minimum atomic E-state index is -0.234. The van der Waals surface area contributed by atoms with Crippen molar-refractivity contribution >= 4 is 11.6 Å². The van der Waals surface area contributed by atoms with Crippen LogP contribution < -0.4 is 5.73 Å². The molecule has 0 bridgehead atoms. The van der Waals surface area contributed by atoms with Crippen LogP contribution in [-0.4, -0.2) is 16.8 Å². The van der Waals surface area contributed by atoms with Crippen LogP contribution in [0.3, 0.4) is 0 Å². The molecule has 0 aliphatic heterocycles. The molecule has 1 aromatic carbocycles. The van der Waals surface area contributed by atoms with E-state index in [1.807, 2.05) is 6.92 Å². The number of aromatic hydroxyl groups is 2. The molecule has 4 heteroatoms. The summed E-state index contributed by atoms with van der Waals surface area (Å²) in [6, 6.07) is 1.55. The second-order valence-corrected chi connectivity index (χ2v) is 4.97. The summed E-state index contributed by atoms with van der Waals surface area (Å²) in [6.45, 7) is 2.41. The van der Waals surface area contributed by atoms with Gasteiger partial charge in [0.1, 0.15) is 0 Å². The van der Waals surface area contributed by atoms with Gasteiger partial charge in [-0.05, 0) is 37.0 Å². The molecule has 0 amide bonds. The number of halogens is 1. The molecule has 1 aliphatic rings. The molecule has 0 heterocycles. The summed E-state index contributed by atoms with van der Waals surface area (Å²) in [7, 11) is 0. The fraction of sp³-hybridized carbons (Fsp3) is 0.500. The molecular formula is C12H16ClNO2. The lowest BCUT2D eigenvalue weighted by molar-refractivity contribution is 0.250.